The molecule has 1 nitrogen and oxygen atoms in total. The van der Waals surface area contributed by atoms with Gasteiger partial charge in [0.1, 0.15) is 0 Å². The summed E-state index contributed by atoms with van der Waals surface area (Å²) < 4.78 is 0. The molecule has 1 atom stereocenters. The van der Waals surface area contributed by atoms with Crippen LogP contribution in [0.3, 0.4) is 0 Å². The van der Waals surface area contributed by atoms with Crippen molar-refractivity contribution in [3.8, 4) is 0 Å². The fourth-order valence-corrected chi connectivity index (χ4v) is 2.10. The van der Waals surface area contributed by atoms with E-state index in [-0.39, 0.29) is 0 Å². The van der Waals surface area contributed by atoms with Crippen LogP contribution in [0.4, 0.5) is 0 Å². The van der Waals surface area contributed by atoms with Crippen molar-refractivity contribution in [1.82, 2.24) is 4.90 Å². The average Bonchev–Trinajstić information content (AvgIpc) is 2.24. The Bertz CT molecular complexity index is 195. The molecule has 1 heteroatoms. The molecule has 0 heterocycles. The maximum Gasteiger partial charge on any atom is 0.0122 e. The van der Waals surface area contributed by atoms with Gasteiger partial charge in [0.25, 0.3) is 0 Å². The fraction of sp³-hybridized carbons (Fsp3) is 1.00. The predicted molar refractivity (Wildman–Crippen MR) is 88.7 cm³/mol. The Labute approximate surface area is 123 Å². The first kappa shape index (κ1) is 19.0. The van der Waals surface area contributed by atoms with Crippen LogP contribution < -0.4 is 0 Å². The molecule has 0 saturated heterocycles. The van der Waals surface area contributed by atoms with Gasteiger partial charge in [0.2, 0.25) is 0 Å². The van der Waals surface area contributed by atoms with E-state index in [2.05, 4.69) is 60.4 Å². The highest BCUT2D eigenvalue weighted by atomic mass is 15.1. The van der Waals surface area contributed by atoms with Crippen LogP contribution in [-0.2, 0) is 0 Å². The summed E-state index contributed by atoms with van der Waals surface area (Å²) >= 11 is 0. The van der Waals surface area contributed by atoms with Gasteiger partial charge in [0, 0.05) is 5.54 Å². The molecule has 0 N–H and O–H groups in total. The van der Waals surface area contributed by atoms with Crippen LogP contribution >= 0.6 is 0 Å². The summed E-state index contributed by atoms with van der Waals surface area (Å²) in [4.78, 5) is 2.47. The van der Waals surface area contributed by atoms with Gasteiger partial charge in [-0.1, -0.05) is 59.8 Å². The Morgan fingerprint density at radius 1 is 0.789 bits per heavy atom. The van der Waals surface area contributed by atoms with Crippen molar-refractivity contribution in [3.63, 3.8) is 0 Å². The SMILES string of the molecule is CC(CCCCCCCN(C)C(C)(C)C)C(C)(C)C. The maximum atomic E-state index is 2.47. The third-order valence-electron chi connectivity index (χ3n) is 4.75. The Morgan fingerprint density at radius 2 is 1.26 bits per heavy atom. The molecule has 0 bridgehead atoms. The van der Waals surface area contributed by atoms with E-state index < -0.39 is 0 Å². The molecule has 0 amide bonds. The highest BCUT2D eigenvalue weighted by molar-refractivity contribution is 4.72. The molecule has 0 aliphatic carbocycles. The molecule has 0 radical (unpaired) electrons. The second-order valence-electron chi connectivity index (χ2n) is 8.42. The van der Waals surface area contributed by atoms with E-state index in [4.69, 9.17) is 0 Å². The monoisotopic (exact) mass is 269 g/mol. The molecule has 0 aromatic rings. The summed E-state index contributed by atoms with van der Waals surface area (Å²) in [5.41, 5.74) is 0.803. The quantitative estimate of drug-likeness (QED) is 0.508. The minimum Gasteiger partial charge on any atom is -0.302 e. The molecule has 0 aliphatic heterocycles. The molecule has 0 aromatic carbocycles. The van der Waals surface area contributed by atoms with Gasteiger partial charge in [-0.05, 0) is 52.1 Å². The van der Waals surface area contributed by atoms with Crippen molar-refractivity contribution >= 4 is 0 Å². The molecule has 0 saturated carbocycles. The van der Waals surface area contributed by atoms with Gasteiger partial charge >= 0.3 is 0 Å². The Morgan fingerprint density at radius 3 is 1.74 bits per heavy atom. The molecule has 0 rings (SSSR count). The second kappa shape index (κ2) is 8.29. The Kier molecular flexibility index (Phi) is 8.27. The summed E-state index contributed by atoms with van der Waals surface area (Å²) in [6.45, 7) is 17.6. The lowest BCUT2D eigenvalue weighted by Gasteiger charge is -2.31. The first-order valence-electron chi connectivity index (χ1n) is 8.26. The zero-order valence-corrected chi connectivity index (χ0v) is 15.0. The first-order valence-corrected chi connectivity index (χ1v) is 8.26. The van der Waals surface area contributed by atoms with E-state index in [0.717, 1.165) is 5.92 Å². The number of unbranched alkanes of at least 4 members (excludes halogenated alkanes) is 4. The number of hydrogen-bond donors (Lipinski definition) is 0. The lowest BCUT2D eigenvalue weighted by molar-refractivity contribution is 0.172. The van der Waals surface area contributed by atoms with Crippen molar-refractivity contribution in [2.24, 2.45) is 11.3 Å². The van der Waals surface area contributed by atoms with E-state index in [1.165, 1.54) is 45.1 Å². The third kappa shape index (κ3) is 9.49. The zero-order valence-electron chi connectivity index (χ0n) is 15.0. The normalized spacial score (nSPS) is 15.0. The predicted octanol–water partition coefficient (Wildman–Crippen LogP) is 5.74. The van der Waals surface area contributed by atoms with Crippen molar-refractivity contribution in [2.45, 2.75) is 92.5 Å². The molecule has 19 heavy (non-hydrogen) atoms. The molecule has 0 spiro atoms. The van der Waals surface area contributed by atoms with Crippen LogP contribution in [0.5, 0.6) is 0 Å². The van der Waals surface area contributed by atoms with E-state index >= 15 is 0 Å². The summed E-state index contributed by atoms with van der Waals surface area (Å²) in [6, 6.07) is 0. The van der Waals surface area contributed by atoms with Gasteiger partial charge in [-0.25, -0.2) is 0 Å². The Balaban J connectivity index is 3.47. The van der Waals surface area contributed by atoms with Crippen LogP contribution in [0, 0.1) is 11.3 Å². The third-order valence-corrected chi connectivity index (χ3v) is 4.75. The minimum atomic E-state index is 0.322. The topological polar surface area (TPSA) is 3.24 Å². The van der Waals surface area contributed by atoms with E-state index in [0.29, 0.717) is 11.0 Å². The maximum absolute atomic E-state index is 2.47. The summed E-state index contributed by atoms with van der Waals surface area (Å²) in [5.74, 6) is 0.847. The molecule has 0 aliphatic rings. The van der Waals surface area contributed by atoms with Gasteiger partial charge in [-0.2, -0.15) is 0 Å². The first-order chi connectivity index (χ1) is 8.55. The Hall–Kier alpha value is -0.0400. The van der Waals surface area contributed by atoms with E-state index in [1.807, 2.05) is 0 Å². The molecule has 0 fully saturated rings. The van der Waals surface area contributed by atoms with Crippen LogP contribution in [0.25, 0.3) is 0 Å². The minimum absolute atomic E-state index is 0.322. The van der Waals surface area contributed by atoms with Gasteiger partial charge in [0.15, 0.2) is 0 Å². The van der Waals surface area contributed by atoms with E-state index in [9.17, 15) is 0 Å². The smallest absolute Gasteiger partial charge is 0.0122 e. The highest BCUT2D eigenvalue weighted by Gasteiger charge is 2.19. The lowest BCUT2D eigenvalue weighted by atomic mass is 9.79. The van der Waals surface area contributed by atoms with Crippen molar-refractivity contribution in [2.75, 3.05) is 13.6 Å². The van der Waals surface area contributed by atoms with E-state index in [1.54, 1.807) is 0 Å². The van der Waals surface area contributed by atoms with Gasteiger partial charge in [-0.3, -0.25) is 0 Å². The van der Waals surface area contributed by atoms with Crippen molar-refractivity contribution in [3.05, 3.63) is 0 Å². The van der Waals surface area contributed by atoms with Crippen LogP contribution in [0.2, 0.25) is 0 Å². The van der Waals surface area contributed by atoms with Crippen molar-refractivity contribution in [1.29, 1.82) is 0 Å². The standard InChI is InChI=1S/C18H39N/c1-16(17(2,3)4)14-12-10-9-11-13-15-19(8)18(5,6)7/h16H,9-15H2,1-8H3. The number of hydrogen-bond acceptors (Lipinski definition) is 1. The molecular formula is C18H39N. The summed E-state index contributed by atoms with van der Waals surface area (Å²) in [5, 5.41) is 0. The number of nitrogens with zero attached hydrogens (tertiary/aromatic N) is 1. The molecule has 0 aromatic heterocycles. The van der Waals surface area contributed by atoms with Gasteiger partial charge < -0.3 is 4.90 Å². The highest BCUT2D eigenvalue weighted by Crippen LogP contribution is 2.29. The molecule has 1 unspecified atom stereocenters. The largest absolute Gasteiger partial charge is 0.302 e. The summed E-state index contributed by atoms with van der Waals surface area (Å²) in [6.07, 6.45) is 8.38. The lowest BCUT2D eigenvalue weighted by Crippen LogP contribution is -2.38. The second-order valence-corrected chi connectivity index (χ2v) is 8.42. The van der Waals surface area contributed by atoms with Crippen LogP contribution in [-0.4, -0.2) is 24.0 Å². The number of rotatable bonds is 8. The molecular weight excluding hydrogens is 230 g/mol. The van der Waals surface area contributed by atoms with Crippen LogP contribution in [0.15, 0.2) is 0 Å². The molecule has 116 valence electrons. The zero-order chi connectivity index (χ0) is 15.1. The van der Waals surface area contributed by atoms with Gasteiger partial charge in [0.05, 0.1) is 0 Å². The fourth-order valence-electron chi connectivity index (χ4n) is 2.10. The van der Waals surface area contributed by atoms with Gasteiger partial charge in [-0.15, -0.1) is 0 Å². The van der Waals surface area contributed by atoms with Crippen molar-refractivity contribution < 1.29 is 0 Å². The summed E-state index contributed by atoms with van der Waals surface area (Å²) in [7, 11) is 2.24. The van der Waals surface area contributed by atoms with Crippen LogP contribution in [0.1, 0.15) is 87.0 Å². The average molecular weight is 270 g/mol.